The molecule has 0 aliphatic heterocycles. The average Bonchev–Trinajstić information content (AvgIpc) is 3.06. The van der Waals surface area contributed by atoms with Crippen LogP contribution in [0.25, 0.3) is 0 Å². The molecule has 0 saturated heterocycles. The monoisotopic (exact) mass is 371 g/mol. The Hall–Kier alpha value is -2.55. The maximum absolute atomic E-state index is 12.3. The summed E-state index contributed by atoms with van der Waals surface area (Å²) >= 11 is 1.26. The Morgan fingerprint density at radius 3 is 2.40 bits per heavy atom. The Balaban J connectivity index is 1.97. The third kappa shape index (κ3) is 5.79. The molecular weight excluding hydrogens is 355 g/mol. The molecule has 2 aromatic rings. The number of rotatable bonds is 6. The molecule has 0 aliphatic carbocycles. The normalized spacial score (nSPS) is 11.0. The van der Waals surface area contributed by atoms with Crippen molar-refractivity contribution in [2.75, 3.05) is 30.8 Å². The lowest BCUT2D eigenvalue weighted by Crippen LogP contribution is -2.34. The van der Waals surface area contributed by atoms with Gasteiger partial charge in [0.15, 0.2) is 0 Å². The quantitative estimate of drug-likeness (QED) is 0.818. The minimum Gasteiger partial charge on any atom is -0.375 e. The lowest BCUT2D eigenvalue weighted by Gasteiger charge is -2.18. The number of para-hydroxylation sites is 2. The fraction of sp³-hybridized carbons (Fsp3) is 0.250. The molecular formula is C16H16F3N3O2S. The molecule has 0 radical (unpaired) electrons. The second kappa shape index (κ2) is 8.02. The average molecular weight is 371 g/mol. The van der Waals surface area contributed by atoms with Gasteiger partial charge in [-0.15, -0.1) is 11.3 Å². The summed E-state index contributed by atoms with van der Waals surface area (Å²) in [6.07, 6.45) is -4.37. The number of likely N-dealkylation sites (N-methyl/N-ethyl adjacent to an activating group) is 1. The largest absolute Gasteiger partial charge is 0.405 e. The fourth-order valence-electron chi connectivity index (χ4n) is 2.01. The van der Waals surface area contributed by atoms with Gasteiger partial charge in [0.25, 0.3) is 5.91 Å². The molecule has 0 atom stereocenters. The number of alkyl halides is 3. The molecule has 2 N–H and O–H groups in total. The topological polar surface area (TPSA) is 61.4 Å². The summed E-state index contributed by atoms with van der Waals surface area (Å²) in [7, 11) is 1.48. The van der Waals surface area contributed by atoms with Crippen LogP contribution >= 0.6 is 11.3 Å². The Bertz CT molecular complexity index is 732. The molecule has 9 heteroatoms. The number of halogens is 3. The predicted molar refractivity (Wildman–Crippen MR) is 90.9 cm³/mol. The molecule has 1 aromatic carbocycles. The number of thiophene rings is 1. The van der Waals surface area contributed by atoms with Gasteiger partial charge >= 0.3 is 6.18 Å². The molecule has 0 aliphatic rings. The molecule has 1 aromatic heterocycles. The minimum absolute atomic E-state index is 0.153. The summed E-state index contributed by atoms with van der Waals surface area (Å²) in [5, 5.41) is 6.51. The molecule has 1 heterocycles. The standard InChI is InChI=1S/C16H16F3N3O2S/c1-22(15(24)13-7-4-8-25-13)9-14(23)21-12-6-3-2-5-11(12)20-10-16(17,18)19/h2-8,20H,9-10H2,1H3,(H,21,23). The molecule has 0 bridgehead atoms. The first-order valence-corrected chi connectivity index (χ1v) is 8.13. The van der Waals surface area contributed by atoms with Crippen molar-refractivity contribution >= 4 is 34.5 Å². The lowest BCUT2D eigenvalue weighted by molar-refractivity contribution is -0.116. The number of carbonyl (C=O) groups is 2. The summed E-state index contributed by atoms with van der Waals surface area (Å²) in [6, 6.07) is 9.45. The number of anilines is 2. The third-order valence-corrected chi connectivity index (χ3v) is 4.00. The summed E-state index contributed by atoms with van der Waals surface area (Å²) in [4.78, 5) is 25.9. The second-order valence-electron chi connectivity index (χ2n) is 5.20. The predicted octanol–water partition coefficient (Wildman–Crippen LogP) is 3.43. The zero-order valence-corrected chi connectivity index (χ0v) is 14.1. The number of hydrogen-bond donors (Lipinski definition) is 2. The van der Waals surface area contributed by atoms with E-state index in [0.717, 1.165) is 0 Å². The van der Waals surface area contributed by atoms with Gasteiger partial charge in [-0.25, -0.2) is 0 Å². The Morgan fingerprint density at radius 2 is 1.80 bits per heavy atom. The van der Waals surface area contributed by atoms with Crippen molar-refractivity contribution in [1.29, 1.82) is 0 Å². The Kier molecular flexibility index (Phi) is 6.02. The molecule has 0 saturated carbocycles. The summed E-state index contributed by atoms with van der Waals surface area (Å²) < 4.78 is 37.0. The van der Waals surface area contributed by atoms with Gasteiger partial charge in [0.2, 0.25) is 5.91 Å². The van der Waals surface area contributed by atoms with Crippen LogP contribution in [0.4, 0.5) is 24.5 Å². The van der Waals surface area contributed by atoms with E-state index in [4.69, 9.17) is 0 Å². The summed E-state index contributed by atoms with van der Waals surface area (Å²) in [6.45, 7) is -1.43. The van der Waals surface area contributed by atoms with E-state index >= 15 is 0 Å². The van der Waals surface area contributed by atoms with Crippen molar-refractivity contribution in [3.05, 3.63) is 46.7 Å². The van der Waals surface area contributed by atoms with Gasteiger partial charge in [0.1, 0.15) is 6.54 Å². The minimum atomic E-state index is -4.37. The highest BCUT2D eigenvalue weighted by molar-refractivity contribution is 7.12. The Morgan fingerprint density at radius 1 is 1.12 bits per heavy atom. The molecule has 2 amide bonds. The van der Waals surface area contributed by atoms with Crippen LogP contribution in [-0.2, 0) is 4.79 Å². The summed E-state index contributed by atoms with van der Waals surface area (Å²) in [5.41, 5.74) is 0.370. The van der Waals surface area contributed by atoms with E-state index in [1.165, 1.54) is 35.4 Å². The number of amides is 2. The fourth-order valence-corrected chi connectivity index (χ4v) is 2.72. The van der Waals surface area contributed by atoms with E-state index in [2.05, 4.69) is 10.6 Å². The number of benzene rings is 1. The Labute approximate surface area is 146 Å². The van der Waals surface area contributed by atoms with Gasteiger partial charge in [-0.3, -0.25) is 9.59 Å². The van der Waals surface area contributed by atoms with Crippen LogP contribution in [0.2, 0.25) is 0 Å². The molecule has 134 valence electrons. The first kappa shape index (κ1) is 18.8. The number of nitrogens with zero attached hydrogens (tertiary/aromatic N) is 1. The van der Waals surface area contributed by atoms with E-state index in [-0.39, 0.29) is 23.8 Å². The highest BCUT2D eigenvalue weighted by atomic mass is 32.1. The number of nitrogens with one attached hydrogen (secondary N) is 2. The van der Waals surface area contributed by atoms with Crippen LogP contribution in [0.3, 0.4) is 0 Å². The van der Waals surface area contributed by atoms with Gasteiger partial charge in [-0.1, -0.05) is 18.2 Å². The molecule has 2 rings (SSSR count). The van der Waals surface area contributed by atoms with E-state index in [0.29, 0.717) is 4.88 Å². The zero-order valence-electron chi connectivity index (χ0n) is 13.3. The van der Waals surface area contributed by atoms with Crippen molar-refractivity contribution in [2.45, 2.75) is 6.18 Å². The van der Waals surface area contributed by atoms with Crippen LogP contribution in [0, 0.1) is 0 Å². The smallest absolute Gasteiger partial charge is 0.375 e. The van der Waals surface area contributed by atoms with Crippen molar-refractivity contribution in [2.24, 2.45) is 0 Å². The highest BCUT2D eigenvalue weighted by Gasteiger charge is 2.27. The van der Waals surface area contributed by atoms with Gasteiger partial charge < -0.3 is 15.5 Å². The lowest BCUT2D eigenvalue weighted by atomic mass is 10.2. The summed E-state index contributed by atoms with van der Waals surface area (Å²) in [5.74, 6) is -0.803. The molecule has 5 nitrogen and oxygen atoms in total. The maximum atomic E-state index is 12.3. The molecule has 25 heavy (non-hydrogen) atoms. The van der Waals surface area contributed by atoms with E-state index in [9.17, 15) is 22.8 Å². The van der Waals surface area contributed by atoms with Crippen LogP contribution in [0.1, 0.15) is 9.67 Å². The molecule has 0 spiro atoms. The van der Waals surface area contributed by atoms with E-state index < -0.39 is 18.6 Å². The van der Waals surface area contributed by atoms with Crippen LogP contribution in [0.5, 0.6) is 0 Å². The first-order valence-electron chi connectivity index (χ1n) is 7.25. The van der Waals surface area contributed by atoms with E-state index in [1.807, 2.05) is 0 Å². The van der Waals surface area contributed by atoms with Crippen LogP contribution in [-0.4, -0.2) is 43.0 Å². The van der Waals surface area contributed by atoms with Crippen LogP contribution < -0.4 is 10.6 Å². The van der Waals surface area contributed by atoms with E-state index in [1.54, 1.807) is 29.6 Å². The second-order valence-corrected chi connectivity index (χ2v) is 6.15. The van der Waals surface area contributed by atoms with Gasteiger partial charge in [-0.2, -0.15) is 13.2 Å². The first-order chi connectivity index (χ1) is 11.8. The van der Waals surface area contributed by atoms with Gasteiger partial charge in [-0.05, 0) is 23.6 Å². The van der Waals surface area contributed by atoms with Crippen molar-refractivity contribution < 1.29 is 22.8 Å². The molecule has 0 fully saturated rings. The van der Waals surface area contributed by atoms with Crippen LogP contribution in [0.15, 0.2) is 41.8 Å². The zero-order chi connectivity index (χ0) is 18.4. The van der Waals surface area contributed by atoms with Crippen molar-refractivity contribution in [1.82, 2.24) is 4.90 Å². The number of hydrogen-bond acceptors (Lipinski definition) is 4. The third-order valence-electron chi connectivity index (χ3n) is 3.14. The SMILES string of the molecule is CN(CC(=O)Nc1ccccc1NCC(F)(F)F)C(=O)c1cccs1. The van der Waals surface area contributed by atoms with Gasteiger partial charge in [0.05, 0.1) is 22.8 Å². The molecule has 0 unspecified atom stereocenters. The maximum Gasteiger partial charge on any atom is 0.405 e. The number of carbonyl (C=O) groups excluding carboxylic acids is 2. The van der Waals surface area contributed by atoms with Gasteiger partial charge in [0, 0.05) is 7.05 Å². The highest BCUT2D eigenvalue weighted by Crippen LogP contribution is 2.23. The van der Waals surface area contributed by atoms with Crippen molar-refractivity contribution in [3.63, 3.8) is 0 Å². The van der Waals surface area contributed by atoms with Crippen molar-refractivity contribution in [3.8, 4) is 0 Å².